The van der Waals surface area contributed by atoms with Gasteiger partial charge in [-0.15, -0.1) is 0 Å². The van der Waals surface area contributed by atoms with E-state index in [9.17, 15) is 8.42 Å². The number of nitrogens with one attached hydrogen (secondary N) is 2. The highest BCUT2D eigenvalue weighted by Crippen LogP contribution is 2.28. The van der Waals surface area contributed by atoms with E-state index in [4.69, 9.17) is 10.5 Å². The zero-order valence-corrected chi connectivity index (χ0v) is 12.0. The lowest BCUT2D eigenvalue weighted by molar-refractivity contribution is 0.402. The van der Waals surface area contributed by atoms with Gasteiger partial charge in [0, 0.05) is 24.0 Å². The molecule has 0 atom stereocenters. The second-order valence-electron chi connectivity index (χ2n) is 4.29. The Bertz CT molecular complexity index is 696. The molecule has 2 aromatic rings. The fourth-order valence-electron chi connectivity index (χ4n) is 1.68. The quantitative estimate of drug-likeness (QED) is 0.706. The van der Waals surface area contributed by atoms with Gasteiger partial charge in [0.2, 0.25) is 10.0 Å². The average molecular weight is 296 g/mol. The molecule has 7 nitrogen and oxygen atoms in total. The van der Waals surface area contributed by atoms with Crippen molar-refractivity contribution < 1.29 is 13.2 Å². The van der Waals surface area contributed by atoms with Crippen LogP contribution in [0.3, 0.4) is 0 Å². The van der Waals surface area contributed by atoms with Crippen molar-refractivity contribution in [3.05, 3.63) is 35.7 Å². The Labute approximate surface area is 117 Å². The number of nitrogens with zero attached hydrogens (tertiary/aromatic N) is 1. The molecule has 1 aromatic heterocycles. The molecule has 1 aromatic carbocycles. The first-order valence-electron chi connectivity index (χ1n) is 5.85. The van der Waals surface area contributed by atoms with Crippen molar-refractivity contribution >= 4 is 15.7 Å². The molecule has 0 spiro atoms. The predicted molar refractivity (Wildman–Crippen MR) is 74.8 cm³/mol. The van der Waals surface area contributed by atoms with Crippen molar-refractivity contribution in [3.8, 4) is 5.75 Å². The van der Waals surface area contributed by atoms with Crippen LogP contribution < -0.4 is 15.2 Å². The number of hydrogen-bond donors (Lipinski definition) is 3. The van der Waals surface area contributed by atoms with E-state index < -0.39 is 10.0 Å². The van der Waals surface area contributed by atoms with Crippen LogP contribution in [0.5, 0.6) is 5.75 Å². The number of nitrogens with two attached hydrogens (primary N) is 1. The Hall–Kier alpha value is -2.06. The van der Waals surface area contributed by atoms with Gasteiger partial charge in [0.05, 0.1) is 13.3 Å². The standard InChI is InChI=1S/C12H16N4O3S/c1-8-3-11(19-2)12(4-10(8)13)20(17,18)16-7-9-5-14-15-6-9/h3-6,16H,7,13H2,1-2H3,(H,14,15). The summed E-state index contributed by atoms with van der Waals surface area (Å²) in [5.41, 5.74) is 7.66. The molecule has 8 heteroatoms. The predicted octanol–water partition coefficient (Wildman–Crippen LogP) is 0.787. The third-order valence-electron chi connectivity index (χ3n) is 2.86. The second kappa shape index (κ2) is 5.51. The van der Waals surface area contributed by atoms with Crippen LogP contribution in [-0.2, 0) is 16.6 Å². The van der Waals surface area contributed by atoms with Crippen LogP contribution in [0.2, 0.25) is 0 Å². The van der Waals surface area contributed by atoms with E-state index >= 15 is 0 Å². The van der Waals surface area contributed by atoms with Crippen molar-refractivity contribution in [3.63, 3.8) is 0 Å². The van der Waals surface area contributed by atoms with Gasteiger partial charge in [-0.2, -0.15) is 5.10 Å². The molecule has 0 amide bonds. The van der Waals surface area contributed by atoms with Gasteiger partial charge in [-0.1, -0.05) is 0 Å². The van der Waals surface area contributed by atoms with E-state index in [1.54, 1.807) is 25.4 Å². The monoisotopic (exact) mass is 296 g/mol. The van der Waals surface area contributed by atoms with Crippen molar-refractivity contribution in [2.45, 2.75) is 18.4 Å². The fraction of sp³-hybridized carbons (Fsp3) is 0.250. The van der Waals surface area contributed by atoms with Crippen LogP contribution in [0, 0.1) is 6.92 Å². The summed E-state index contributed by atoms with van der Waals surface area (Å²) in [6.45, 7) is 1.92. The first-order chi connectivity index (χ1) is 9.44. The summed E-state index contributed by atoms with van der Waals surface area (Å²) >= 11 is 0. The molecule has 1 heterocycles. The summed E-state index contributed by atoms with van der Waals surface area (Å²) in [5, 5.41) is 6.37. The molecule has 0 radical (unpaired) electrons. The van der Waals surface area contributed by atoms with Crippen LogP contribution in [0.1, 0.15) is 11.1 Å². The van der Waals surface area contributed by atoms with E-state index in [-0.39, 0.29) is 17.2 Å². The molecule has 0 aliphatic carbocycles. The van der Waals surface area contributed by atoms with Gasteiger partial charge in [-0.3, -0.25) is 5.10 Å². The number of aromatic amines is 1. The van der Waals surface area contributed by atoms with Gasteiger partial charge in [0.25, 0.3) is 0 Å². The molecule has 0 aliphatic rings. The first-order valence-corrected chi connectivity index (χ1v) is 7.34. The summed E-state index contributed by atoms with van der Waals surface area (Å²) in [5.74, 6) is 0.261. The minimum atomic E-state index is -3.72. The Morgan fingerprint density at radius 3 is 2.80 bits per heavy atom. The number of ether oxygens (including phenoxy) is 1. The Balaban J connectivity index is 2.31. The normalized spacial score (nSPS) is 11.5. The molecule has 0 saturated heterocycles. The summed E-state index contributed by atoms with van der Waals surface area (Å²) in [6.07, 6.45) is 3.16. The molecule has 0 fully saturated rings. The number of aryl methyl sites for hydroxylation is 1. The fourth-order valence-corrected chi connectivity index (χ4v) is 2.88. The molecular formula is C12H16N4O3S. The number of benzene rings is 1. The maximum Gasteiger partial charge on any atom is 0.244 e. The number of H-pyrrole nitrogens is 1. The van der Waals surface area contributed by atoms with Gasteiger partial charge in [-0.25, -0.2) is 13.1 Å². The lowest BCUT2D eigenvalue weighted by atomic mass is 10.2. The number of hydrogen-bond acceptors (Lipinski definition) is 5. The lowest BCUT2D eigenvalue weighted by Crippen LogP contribution is -2.23. The number of rotatable bonds is 5. The maximum atomic E-state index is 12.3. The van der Waals surface area contributed by atoms with Crippen molar-refractivity contribution in [2.24, 2.45) is 0 Å². The van der Waals surface area contributed by atoms with Gasteiger partial charge >= 0.3 is 0 Å². The van der Waals surface area contributed by atoms with Crippen LogP contribution in [0.15, 0.2) is 29.4 Å². The minimum absolute atomic E-state index is 0.0200. The van der Waals surface area contributed by atoms with Gasteiger partial charge in [-0.05, 0) is 24.6 Å². The number of nitrogen functional groups attached to an aromatic ring is 1. The molecule has 20 heavy (non-hydrogen) atoms. The average Bonchev–Trinajstić information content (AvgIpc) is 2.92. The third-order valence-corrected chi connectivity index (χ3v) is 4.29. The molecular weight excluding hydrogens is 280 g/mol. The maximum absolute atomic E-state index is 12.3. The molecule has 0 unspecified atom stereocenters. The first kappa shape index (κ1) is 14.4. The van der Waals surface area contributed by atoms with Crippen molar-refractivity contribution in [1.82, 2.24) is 14.9 Å². The molecule has 0 bridgehead atoms. The highest BCUT2D eigenvalue weighted by Gasteiger charge is 2.20. The summed E-state index contributed by atoms with van der Waals surface area (Å²) < 4.78 is 32.2. The van der Waals surface area contributed by atoms with E-state index in [2.05, 4.69) is 14.9 Å². The zero-order chi connectivity index (χ0) is 14.8. The van der Waals surface area contributed by atoms with Gasteiger partial charge in [0.15, 0.2) is 0 Å². The van der Waals surface area contributed by atoms with E-state index in [1.807, 2.05) is 0 Å². The summed E-state index contributed by atoms with van der Waals surface area (Å²) in [6, 6.07) is 2.99. The Morgan fingerprint density at radius 1 is 1.45 bits per heavy atom. The third kappa shape index (κ3) is 2.91. The van der Waals surface area contributed by atoms with Crippen LogP contribution in [-0.4, -0.2) is 25.7 Å². The van der Waals surface area contributed by atoms with Gasteiger partial charge in [0.1, 0.15) is 10.6 Å². The Morgan fingerprint density at radius 2 is 2.20 bits per heavy atom. The largest absolute Gasteiger partial charge is 0.495 e. The van der Waals surface area contributed by atoms with Crippen molar-refractivity contribution in [1.29, 1.82) is 0 Å². The molecule has 2 rings (SSSR count). The smallest absolute Gasteiger partial charge is 0.244 e. The Kier molecular flexibility index (Phi) is 3.96. The van der Waals surface area contributed by atoms with Crippen LogP contribution in [0.4, 0.5) is 5.69 Å². The summed E-state index contributed by atoms with van der Waals surface area (Å²) in [4.78, 5) is 0.0200. The van der Waals surface area contributed by atoms with Gasteiger partial charge < -0.3 is 10.5 Å². The van der Waals surface area contributed by atoms with Crippen LogP contribution in [0.25, 0.3) is 0 Å². The zero-order valence-electron chi connectivity index (χ0n) is 11.2. The van der Waals surface area contributed by atoms with Crippen LogP contribution >= 0.6 is 0 Å². The van der Waals surface area contributed by atoms with E-state index in [0.717, 1.165) is 11.1 Å². The molecule has 0 aliphatic heterocycles. The number of methoxy groups -OCH3 is 1. The summed E-state index contributed by atoms with van der Waals surface area (Å²) in [7, 11) is -2.30. The van der Waals surface area contributed by atoms with E-state index in [0.29, 0.717) is 5.69 Å². The topological polar surface area (TPSA) is 110 Å². The highest BCUT2D eigenvalue weighted by molar-refractivity contribution is 7.89. The number of aromatic nitrogens is 2. The van der Waals surface area contributed by atoms with Crippen molar-refractivity contribution in [2.75, 3.05) is 12.8 Å². The molecule has 108 valence electrons. The molecule has 4 N–H and O–H groups in total. The molecule has 0 saturated carbocycles. The second-order valence-corrected chi connectivity index (χ2v) is 6.03. The number of sulfonamides is 1. The lowest BCUT2D eigenvalue weighted by Gasteiger charge is -2.12. The number of anilines is 1. The van der Waals surface area contributed by atoms with E-state index in [1.165, 1.54) is 13.2 Å². The highest BCUT2D eigenvalue weighted by atomic mass is 32.2. The minimum Gasteiger partial charge on any atom is -0.495 e. The SMILES string of the molecule is COc1cc(C)c(N)cc1S(=O)(=O)NCc1cn[nH]c1.